The first-order chi connectivity index (χ1) is 7.28. The zero-order valence-corrected chi connectivity index (χ0v) is 9.76. The monoisotopic (exact) mass is 242 g/mol. The van der Waals surface area contributed by atoms with Crippen LogP contribution in [0.1, 0.15) is 17.4 Å². The lowest BCUT2D eigenvalue weighted by atomic mass is 9.94. The molecule has 0 fully saturated rings. The second-order valence-corrected chi connectivity index (χ2v) is 4.36. The molecule has 0 radical (unpaired) electrons. The molecule has 0 aliphatic rings. The number of halogens is 1. The summed E-state index contributed by atoms with van der Waals surface area (Å²) >= 11 is 0. The Labute approximate surface area is 99.9 Å². The van der Waals surface area contributed by atoms with E-state index in [-0.39, 0.29) is 23.4 Å². The minimum Gasteiger partial charge on any atom is -0.550 e. The Hall–Kier alpha value is -0.650. The van der Waals surface area contributed by atoms with Crippen LogP contribution in [-0.2, 0) is 9.59 Å². The van der Waals surface area contributed by atoms with Crippen LogP contribution in [0.25, 0.3) is 0 Å². The topological polar surface area (TPSA) is 77.4 Å². The minimum absolute atomic E-state index is 0. The number of carboxylic acids is 1. The van der Waals surface area contributed by atoms with Crippen LogP contribution in [0, 0.1) is 0 Å². The number of aliphatic hydroxyl groups is 1. The van der Waals surface area contributed by atoms with E-state index in [1.165, 1.54) is 0 Å². The molecule has 0 spiro atoms. The van der Waals surface area contributed by atoms with Crippen molar-refractivity contribution in [2.24, 2.45) is 0 Å². The summed E-state index contributed by atoms with van der Waals surface area (Å²) in [5.74, 6) is -3.14. The van der Waals surface area contributed by atoms with Crippen molar-refractivity contribution in [1.29, 1.82) is 0 Å². The first-order valence-electron chi connectivity index (χ1n) is 5.55. The molecule has 1 atom stereocenters. The predicted octanol–water partition coefficient (Wildman–Crippen LogP) is -1.43. The normalized spacial score (nSPS) is 18.8. The van der Waals surface area contributed by atoms with Crippen LogP contribution in [0.15, 0.2) is 0 Å². The highest BCUT2D eigenvalue weighted by atomic mass is 35.5. The molecule has 5 nitrogen and oxygen atoms in total. The number of hydrogen-bond donors (Lipinski definition) is 1. The average molecular weight is 243 g/mol. The Morgan fingerprint density at radius 2 is 1.93 bits per heavy atom. The maximum atomic E-state index is 11.6. The van der Waals surface area contributed by atoms with Gasteiger partial charge in [0.1, 0.15) is 6.54 Å². The van der Waals surface area contributed by atoms with Crippen molar-refractivity contribution in [3.8, 4) is 0 Å². The van der Waals surface area contributed by atoms with Crippen LogP contribution in [-0.4, -0.2) is 54.6 Å². The van der Waals surface area contributed by atoms with Crippen LogP contribution in [0.5, 0.6) is 0 Å². The molecule has 0 aliphatic heterocycles. The van der Waals surface area contributed by atoms with Crippen LogP contribution in [0.4, 0.5) is 0 Å². The van der Waals surface area contributed by atoms with E-state index >= 15 is 0 Å². The minimum atomic E-state index is -3.04. The van der Waals surface area contributed by atoms with Gasteiger partial charge in [-0.3, -0.25) is 4.79 Å². The maximum Gasteiger partial charge on any atom is 0.176 e. The summed E-state index contributed by atoms with van der Waals surface area (Å²) in [4.78, 5) is 22.1. The van der Waals surface area contributed by atoms with Gasteiger partial charge in [-0.1, -0.05) is 0 Å². The van der Waals surface area contributed by atoms with Crippen molar-refractivity contribution in [1.82, 2.24) is 0 Å². The fourth-order valence-corrected chi connectivity index (χ4v) is 1.23. The van der Waals surface area contributed by atoms with Crippen molar-refractivity contribution in [3.63, 3.8) is 0 Å². The molecule has 0 heterocycles. The quantitative estimate of drug-likeness (QED) is 0.600. The molecule has 0 aromatic rings. The molecular weight excluding hydrogens is 222 g/mol. The third-order valence-electron chi connectivity index (χ3n) is 1.60. The van der Waals surface area contributed by atoms with Crippen LogP contribution < -0.4 is 5.11 Å². The number of Topliss-reactive ketones (excluding diaryl/α,β-unsaturated/α-hetero) is 1. The maximum absolute atomic E-state index is 11.6. The van der Waals surface area contributed by atoms with E-state index in [2.05, 4.69) is 0 Å². The Balaban J connectivity index is 0. The fourth-order valence-electron chi connectivity index (χ4n) is 1.23. The van der Waals surface area contributed by atoms with Crippen molar-refractivity contribution in [2.75, 3.05) is 27.7 Å². The molecule has 6 heteroatoms. The van der Waals surface area contributed by atoms with Crippen molar-refractivity contribution in [3.05, 3.63) is 0 Å². The summed E-state index contributed by atoms with van der Waals surface area (Å²) < 4.78 is 20.9. The van der Waals surface area contributed by atoms with Gasteiger partial charge < -0.3 is 19.5 Å². The number of aliphatic carboxylic acids is 1. The van der Waals surface area contributed by atoms with E-state index in [1.54, 1.807) is 21.1 Å². The summed E-state index contributed by atoms with van der Waals surface area (Å²) in [6.07, 6.45) is -1.03. The number of carboxylic acid groups (broad SMARTS) is 1. The highest BCUT2D eigenvalue weighted by molar-refractivity contribution is 5.88. The van der Waals surface area contributed by atoms with E-state index in [0.717, 1.165) is 0 Å². The predicted molar refractivity (Wildman–Crippen MR) is 55.4 cm³/mol. The fraction of sp³-hybridized carbons (Fsp3) is 0.778. The number of nitrogens with zero attached hydrogens (tertiary/aromatic N) is 1. The van der Waals surface area contributed by atoms with Crippen LogP contribution in [0.2, 0.25) is 0 Å². The third kappa shape index (κ3) is 6.43. The van der Waals surface area contributed by atoms with Gasteiger partial charge in [0, 0.05) is 16.5 Å². The summed E-state index contributed by atoms with van der Waals surface area (Å²) in [5.41, 5.74) is -2.44. The summed E-state index contributed by atoms with van der Waals surface area (Å²) in [6.45, 7) is -3.36. The van der Waals surface area contributed by atoms with Gasteiger partial charge >= 0.3 is 0 Å². The standard InChI is InChI=1S/C9H17NO4.ClH/c1-7(11)9(14,5-8(12)13)6-10(2,3)4;/h14H,5-6H2,1-4H3;1H/t9-;/m1./s1/i1D3;. The van der Waals surface area contributed by atoms with Crippen LogP contribution in [0.3, 0.4) is 0 Å². The highest BCUT2D eigenvalue weighted by Crippen LogP contribution is 2.15. The molecule has 0 aromatic heterocycles. The van der Waals surface area contributed by atoms with Crippen LogP contribution >= 0.6 is 12.4 Å². The van der Waals surface area contributed by atoms with Gasteiger partial charge in [0.25, 0.3) is 0 Å². The first-order valence-corrected chi connectivity index (χ1v) is 4.05. The van der Waals surface area contributed by atoms with E-state index in [9.17, 15) is 19.8 Å². The smallest absolute Gasteiger partial charge is 0.176 e. The number of carbonyl (C=O) groups excluding carboxylic acids is 2. The Bertz CT molecular complexity index is 327. The van der Waals surface area contributed by atoms with E-state index < -0.39 is 30.6 Å². The summed E-state index contributed by atoms with van der Waals surface area (Å²) in [7, 11) is 4.81. The molecule has 0 rings (SSSR count). The molecule has 0 bridgehead atoms. The summed E-state index contributed by atoms with van der Waals surface area (Å²) in [5, 5.41) is 20.5. The molecule has 0 saturated heterocycles. The van der Waals surface area contributed by atoms with Gasteiger partial charge in [0.05, 0.1) is 21.1 Å². The lowest BCUT2D eigenvalue weighted by molar-refractivity contribution is -0.875. The number of quaternary nitrogens is 1. The molecular formula is C9H18ClNO4. The number of ketones is 1. The van der Waals surface area contributed by atoms with Crippen molar-refractivity contribution < 1.29 is 28.4 Å². The second-order valence-electron chi connectivity index (χ2n) is 4.36. The van der Waals surface area contributed by atoms with E-state index in [0.29, 0.717) is 0 Å². The molecule has 1 N–H and O–H groups in total. The van der Waals surface area contributed by atoms with Gasteiger partial charge in [-0.05, 0) is 6.85 Å². The van der Waals surface area contributed by atoms with Crippen molar-refractivity contribution in [2.45, 2.75) is 18.9 Å². The number of rotatable bonds is 5. The van der Waals surface area contributed by atoms with E-state index in [1.807, 2.05) is 0 Å². The summed E-state index contributed by atoms with van der Waals surface area (Å²) in [6, 6.07) is 0. The van der Waals surface area contributed by atoms with Gasteiger partial charge in [-0.15, -0.1) is 12.4 Å². The lowest BCUT2D eigenvalue weighted by Gasteiger charge is -2.34. The third-order valence-corrected chi connectivity index (χ3v) is 1.60. The molecule has 15 heavy (non-hydrogen) atoms. The van der Waals surface area contributed by atoms with E-state index in [4.69, 9.17) is 4.11 Å². The zero-order chi connectivity index (χ0) is 14.1. The molecule has 0 amide bonds. The molecule has 90 valence electrons. The van der Waals surface area contributed by atoms with Gasteiger partial charge in [0.2, 0.25) is 0 Å². The number of carbonyl (C=O) groups is 2. The van der Waals surface area contributed by atoms with Gasteiger partial charge in [-0.25, -0.2) is 0 Å². The Morgan fingerprint density at radius 3 is 2.20 bits per heavy atom. The molecule has 0 aromatic carbocycles. The van der Waals surface area contributed by atoms with Gasteiger partial charge in [-0.2, -0.15) is 0 Å². The number of likely N-dealkylation sites (N-methyl/N-ethyl adjacent to an activating group) is 1. The Morgan fingerprint density at radius 1 is 1.47 bits per heavy atom. The zero-order valence-electron chi connectivity index (χ0n) is 11.9. The van der Waals surface area contributed by atoms with Crippen molar-refractivity contribution >= 4 is 24.2 Å². The average Bonchev–Trinajstić information content (AvgIpc) is 1.95. The number of hydrogen-bond acceptors (Lipinski definition) is 4. The van der Waals surface area contributed by atoms with Gasteiger partial charge in [0.15, 0.2) is 11.4 Å². The molecule has 0 aliphatic carbocycles. The Kier molecular flexibility index (Phi) is 3.94. The second kappa shape index (κ2) is 5.44. The highest BCUT2D eigenvalue weighted by Gasteiger charge is 2.38. The lowest BCUT2D eigenvalue weighted by Crippen LogP contribution is -2.55. The molecule has 0 unspecified atom stereocenters. The largest absolute Gasteiger partial charge is 0.550 e. The first kappa shape index (κ1) is 10.9. The molecule has 0 saturated carbocycles. The SMILES string of the molecule is Cl.[2H]C([2H])([2H])C(=O)[C@@](O)(CC(=O)[O-])C[N+](C)(C)C.